The first-order valence-electron chi connectivity index (χ1n) is 5.83. The van der Waals surface area contributed by atoms with Gasteiger partial charge in [0.2, 0.25) is 0 Å². The lowest BCUT2D eigenvalue weighted by molar-refractivity contribution is -0.0960. The summed E-state index contributed by atoms with van der Waals surface area (Å²) in [4.78, 5) is 13.9. The number of hydrogen-bond donors (Lipinski definition) is 1. The van der Waals surface area contributed by atoms with Gasteiger partial charge in [-0.3, -0.25) is 4.79 Å². The van der Waals surface area contributed by atoms with Crippen molar-refractivity contribution < 1.29 is 9.90 Å². The number of carbonyl (C=O) groups excluding carboxylic acids is 1. The fourth-order valence-corrected chi connectivity index (χ4v) is 3.06. The summed E-state index contributed by atoms with van der Waals surface area (Å²) >= 11 is 3.36. The zero-order chi connectivity index (χ0) is 12.2. The van der Waals surface area contributed by atoms with Crippen molar-refractivity contribution in [1.82, 2.24) is 9.47 Å². The zero-order valence-electron chi connectivity index (χ0n) is 9.69. The minimum absolute atomic E-state index is 0.00326. The number of hydrogen-bond acceptors (Lipinski definition) is 2. The molecule has 1 saturated heterocycles. The summed E-state index contributed by atoms with van der Waals surface area (Å²) in [6, 6.07) is 1.82. The van der Waals surface area contributed by atoms with E-state index < -0.39 is 5.60 Å². The Balaban J connectivity index is 1.71. The predicted octanol–water partition coefficient (Wildman–Crippen LogP) is 1.38. The number of aryl methyl sites for hydroxylation is 1. The third-order valence-corrected chi connectivity index (χ3v) is 4.18. The van der Waals surface area contributed by atoms with Gasteiger partial charge in [0.05, 0.1) is 13.1 Å². The molecule has 1 aliphatic heterocycles. The van der Waals surface area contributed by atoms with Gasteiger partial charge in [0, 0.05) is 17.7 Å². The maximum absolute atomic E-state index is 12.2. The van der Waals surface area contributed by atoms with Crippen LogP contribution in [-0.2, 0) is 7.05 Å². The molecule has 0 aromatic carbocycles. The van der Waals surface area contributed by atoms with E-state index in [-0.39, 0.29) is 5.91 Å². The standard InChI is InChI=1S/C12H15BrN2O2/c1-14-5-9(13)4-10(14)11(16)15-6-12(17,7-15)8-2-3-8/h4-5,8,17H,2-3,6-7H2,1H3. The Morgan fingerprint density at radius 2 is 2.18 bits per heavy atom. The van der Waals surface area contributed by atoms with E-state index in [4.69, 9.17) is 0 Å². The van der Waals surface area contributed by atoms with Gasteiger partial charge >= 0.3 is 0 Å². The normalized spacial score (nSPS) is 22.4. The topological polar surface area (TPSA) is 45.5 Å². The second-order valence-corrected chi connectivity index (χ2v) is 6.11. The summed E-state index contributed by atoms with van der Waals surface area (Å²) in [5.41, 5.74) is 0.0626. The van der Waals surface area contributed by atoms with E-state index in [1.165, 1.54) is 0 Å². The fourth-order valence-electron chi connectivity index (χ4n) is 2.54. The van der Waals surface area contributed by atoms with Crippen molar-refractivity contribution in [3.63, 3.8) is 0 Å². The van der Waals surface area contributed by atoms with Crippen LogP contribution in [0.3, 0.4) is 0 Å². The molecule has 0 bridgehead atoms. The molecule has 17 heavy (non-hydrogen) atoms. The van der Waals surface area contributed by atoms with Gasteiger partial charge in [0.25, 0.3) is 5.91 Å². The molecule has 1 saturated carbocycles. The van der Waals surface area contributed by atoms with Gasteiger partial charge in [-0.15, -0.1) is 0 Å². The van der Waals surface area contributed by atoms with Gasteiger partial charge in [-0.25, -0.2) is 0 Å². The summed E-state index contributed by atoms with van der Waals surface area (Å²) in [5.74, 6) is 0.426. The summed E-state index contributed by atoms with van der Waals surface area (Å²) in [7, 11) is 1.85. The minimum atomic E-state index is -0.599. The third kappa shape index (κ3) is 1.81. The summed E-state index contributed by atoms with van der Waals surface area (Å²) in [6.07, 6.45) is 4.07. The molecule has 92 valence electrons. The average Bonchev–Trinajstić information content (AvgIpc) is 3.00. The lowest BCUT2D eigenvalue weighted by Gasteiger charge is -2.46. The first-order chi connectivity index (χ1) is 7.99. The van der Waals surface area contributed by atoms with Crippen LogP contribution in [0.1, 0.15) is 23.3 Å². The Labute approximate surface area is 108 Å². The molecule has 4 nitrogen and oxygen atoms in total. The zero-order valence-corrected chi connectivity index (χ0v) is 11.3. The van der Waals surface area contributed by atoms with Crippen LogP contribution in [0.2, 0.25) is 0 Å². The number of rotatable bonds is 2. The number of aromatic nitrogens is 1. The lowest BCUT2D eigenvalue weighted by atomic mass is 9.88. The lowest BCUT2D eigenvalue weighted by Crippen LogP contribution is -2.64. The van der Waals surface area contributed by atoms with Crippen LogP contribution in [0, 0.1) is 5.92 Å². The molecule has 1 aromatic rings. The molecule has 1 aliphatic carbocycles. The van der Waals surface area contributed by atoms with Crippen molar-refractivity contribution in [1.29, 1.82) is 0 Å². The van der Waals surface area contributed by atoms with Crippen molar-refractivity contribution in [2.75, 3.05) is 13.1 Å². The SMILES string of the molecule is Cn1cc(Br)cc1C(=O)N1CC(O)(C2CC2)C1. The van der Waals surface area contributed by atoms with Crippen LogP contribution < -0.4 is 0 Å². The van der Waals surface area contributed by atoms with E-state index >= 15 is 0 Å². The van der Waals surface area contributed by atoms with E-state index in [9.17, 15) is 9.90 Å². The van der Waals surface area contributed by atoms with Gasteiger partial charge in [0.1, 0.15) is 11.3 Å². The van der Waals surface area contributed by atoms with Gasteiger partial charge in [-0.1, -0.05) is 0 Å². The van der Waals surface area contributed by atoms with Crippen LogP contribution in [0.15, 0.2) is 16.7 Å². The summed E-state index contributed by atoms with van der Waals surface area (Å²) in [5, 5.41) is 10.2. The third-order valence-electron chi connectivity index (χ3n) is 3.74. The highest BCUT2D eigenvalue weighted by atomic mass is 79.9. The molecule has 0 atom stereocenters. The monoisotopic (exact) mass is 298 g/mol. The van der Waals surface area contributed by atoms with E-state index in [1.54, 1.807) is 9.47 Å². The van der Waals surface area contributed by atoms with Gasteiger partial charge < -0.3 is 14.6 Å². The largest absolute Gasteiger partial charge is 0.386 e. The van der Waals surface area contributed by atoms with Crippen molar-refractivity contribution in [2.45, 2.75) is 18.4 Å². The molecular formula is C12H15BrN2O2. The Bertz CT molecular complexity index is 473. The van der Waals surface area contributed by atoms with Gasteiger partial charge in [0.15, 0.2) is 0 Å². The molecule has 0 unspecified atom stereocenters. The van der Waals surface area contributed by atoms with E-state index in [1.807, 2.05) is 19.3 Å². The second kappa shape index (κ2) is 3.59. The quantitative estimate of drug-likeness (QED) is 0.897. The molecule has 1 aromatic heterocycles. The van der Waals surface area contributed by atoms with E-state index in [2.05, 4.69) is 15.9 Å². The Morgan fingerprint density at radius 3 is 2.65 bits per heavy atom. The molecule has 2 fully saturated rings. The highest BCUT2D eigenvalue weighted by Gasteiger charge is 2.53. The smallest absolute Gasteiger partial charge is 0.270 e. The molecule has 0 radical (unpaired) electrons. The Hall–Kier alpha value is -0.810. The minimum Gasteiger partial charge on any atom is -0.386 e. The molecule has 1 N–H and O–H groups in total. The number of aliphatic hydroxyl groups is 1. The Morgan fingerprint density at radius 1 is 1.53 bits per heavy atom. The van der Waals surface area contributed by atoms with Crippen molar-refractivity contribution in [3.8, 4) is 0 Å². The maximum atomic E-state index is 12.2. The number of halogens is 1. The second-order valence-electron chi connectivity index (χ2n) is 5.19. The van der Waals surface area contributed by atoms with E-state index in [0.29, 0.717) is 24.7 Å². The molecular weight excluding hydrogens is 284 g/mol. The van der Waals surface area contributed by atoms with Gasteiger partial charge in [-0.2, -0.15) is 0 Å². The van der Waals surface area contributed by atoms with Crippen LogP contribution in [0.25, 0.3) is 0 Å². The Kier molecular flexibility index (Phi) is 2.38. The van der Waals surface area contributed by atoms with Crippen LogP contribution >= 0.6 is 15.9 Å². The molecule has 1 amide bonds. The van der Waals surface area contributed by atoms with Crippen LogP contribution in [0.5, 0.6) is 0 Å². The molecule has 2 heterocycles. The number of nitrogens with zero attached hydrogens (tertiary/aromatic N) is 2. The highest BCUT2D eigenvalue weighted by Crippen LogP contribution is 2.44. The molecule has 2 aliphatic rings. The predicted molar refractivity (Wildman–Crippen MR) is 66.7 cm³/mol. The van der Waals surface area contributed by atoms with Crippen molar-refractivity contribution in [2.24, 2.45) is 13.0 Å². The van der Waals surface area contributed by atoms with Gasteiger partial charge in [-0.05, 0) is 40.8 Å². The fraction of sp³-hybridized carbons (Fsp3) is 0.583. The van der Waals surface area contributed by atoms with Crippen molar-refractivity contribution in [3.05, 3.63) is 22.4 Å². The summed E-state index contributed by atoms with van der Waals surface area (Å²) < 4.78 is 2.71. The molecule has 5 heteroatoms. The van der Waals surface area contributed by atoms with Crippen molar-refractivity contribution >= 4 is 21.8 Å². The average molecular weight is 299 g/mol. The molecule has 0 spiro atoms. The molecule has 3 rings (SSSR count). The van der Waals surface area contributed by atoms with Crippen LogP contribution in [-0.4, -0.2) is 39.2 Å². The van der Waals surface area contributed by atoms with E-state index in [0.717, 1.165) is 17.3 Å². The summed E-state index contributed by atoms with van der Waals surface area (Å²) in [6.45, 7) is 0.971. The maximum Gasteiger partial charge on any atom is 0.270 e. The first-order valence-corrected chi connectivity index (χ1v) is 6.62. The number of β-amino-alcohol motifs (C(OH)–C–C–N with tert-alkyl or cyclic N) is 1. The number of amides is 1. The highest BCUT2D eigenvalue weighted by molar-refractivity contribution is 9.10. The first kappa shape index (κ1) is 11.3. The van der Waals surface area contributed by atoms with Crippen LogP contribution in [0.4, 0.5) is 0 Å². The number of carbonyl (C=O) groups is 1. The number of likely N-dealkylation sites (tertiary alicyclic amines) is 1.